The third kappa shape index (κ3) is 4.09. The number of benzene rings is 2. The second kappa shape index (κ2) is 8.00. The SMILES string of the molecule is Cc1nc2ccc(S(=O)(=O)N3CCSc4ccc(-c5ccc(C(F)(F)F)cn5)cc43)cc2s1. The van der Waals surface area contributed by atoms with E-state index in [4.69, 9.17) is 0 Å². The summed E-state index contributed by atoms with van der Waals surface area (Å²) in [6.07, 6.45) is -3.69. The van der Waals surface area contributed by atoms with Crippen molar-refractivity contribution in [3.05, 3.63) is 65.3 Å². The van der Waals surface area contributed by atoms with Crippen LogP contribution in [0.3, 0.4) is 0 Å². The van der Waals surface area contributed by atoms with E-state index in [9.17, 15) is 21.6 Å². The van der Waals surface area contributed by atoms with Crippen molar-refractivity contribution >= 4 is 49.0 Å². The van der Waals surface area contributed by atoms with Crippen LogP contribution in [-0.2, 0) is 16.2 Å². The molecule has 2 aromatic heterocycles. The molecule has 0 unspecified atom stereocenters. The van der Waals surface area contributed by atoms with Gasteiger partial charge in [0, 0.05) is 29.0 Å². The number of thiazole rings is 1. The van der Waals surface area contributed by atoms with Gasteiger partial charge in [0.15, 0.2) is 0 Å². The van der Waals surface area contributed by atoms with Crippen LogP contribution in [0.2, 0.25) is 0 Å². The summed E-state index contributed by atoms with van der Waals surface area (Å²) >= 11 is 2.97. The van der Waals surface area contributed by atoms with E-state index in [-0.39, 0.29) is 11.4 Å². The van der Waals surface area contributed by atoms with Crippen LogP contribution in [-0.4, -0.2) is 30.7 Å². The number of fused-ring (bicyclic) bond motifs is 2. The number of hydrogen-bond donors (Lipinski definition) is 0. The number of alkyl halides is 3. The number of rotatable bonds is 3. The van der Waals surface area contributed by atoms with Gasteiger partial charge in [-0.2, -0.15) is 13.2 Å². The average Bonchev–Trinajstić information content (AvgIpc) is 3.17. The lowest BCUT2D eigenvalue weighted by Crippen LogP contribution is -2.35. The molecule has 0 N–H and O–H groups in total. The highest BCUT2D eigenvalue weighted by atomic mass is 32.2. The van der Waals surface area contributed by atoms with Gasteiger partial charge < -0.3 is 0 Å². The molecule has 1 aliphatic rings. The summed E-state index contributed by atoms with van der Waals surface area (Å²) in [5, 5.41) is 0.855. The van der Waals surface area contributed by atoms with Crippen molar-refractivity contribution in [3.63, 3.8) is 0 Å². The van der Waals surface area contributed by atoms with E-state index in [1.807, 2.05) is 6.92 Å². The van der Waals surface area contributed by atoms with Gasteiger partial charge in [0.25, 0.3) is 10.0 Å². The number of thioether (sulfide) groups is 1. The molecular weight excluding hydrogens is 491 g/mol. The van der Waals surface area contributed by atoms with Crippen LogP contribution in [0, 0.1) is 6.92 Å². The van der Waals surface area contributed by atoms with Crippen LogP contribution in [0.15, 0.2) is 64.5 Å². The van der Waals surface area contributed by atoms with Gasteiger partial charge in [-0.05, 0) is 49.4 Å². The van der Waals surface area contributed by atoms with E-state index < -0.39 is 21.8 Å². The summed E-state index contributed by atoms with van der Waals surface area (Å²) in [4.78, 5) is 9.29. The number of nitrogens with zero attached hydrogens (tertiary/aromatic N) is 3. The van der Waals surface area contributed by atoms with Gasteiger partial charge in [-0.3, -0.25) is 9.29 Å². The third-order valence-electron chi connectivity index (χ3n) is 5.22. The molecule has 0 bridgehead atoms. The van der Waals surface area contributed by atoms with Crippen LogP contribution in [0.25, 0.3) is 21.5 Å². The molecule has 0 saturated heterocycles. The Kier molecular flexibility index (Phi) is 5.37. The van der Waals surface area contributed by atoms with E-state index in [0.29, 0.717) is 22.7 Å². The van der Waals surface area contributed by atoms with Gasteiger partial charge in [0.2, 0.25) is 0 Å². The molecule has 0 radical (unpaired) electrons. The lowest BCUT2D eigenvalue weighted by atomic mass is 10.1. The lowest BCUT2D eigenvalue weighted by Gasteiger charge is -2.30. The number of halogens is 3. The first-order chi connectivity index (χ1) is 15.6. The summed E-state index contributed by atoms with van der Waals surface area (Å²) in [6, 6.07) is 12.3. The van der Waals surface area contributed by atoms with Crippen molar-refractivity contribution in [3.8, 4) is 11.3 Å². The van der Waals surface area contributed by atoms with E-state index in [2.05, 4.69) is 9.97 Å². The largest absolute Gasteiger partial charge is 0.417 e. The van der Waals surface area contributed by atoms with E-state index in [1.54, 1.807) is 36.4 Å². The Morgan fingerprint density at radius 3 is 2.61 bits per heavy atom. The maximum absolute atomic E-state index is 13.6. The second-order valence-corrected chi connectivity index (χ2v) is 11.6. The molecule has 5 rings (SSSR count). The van der Waals surface area contributed by atoms with E-state index >= 15 is 0 Å². The predicted octanol–water partition coefficient (Wildman–Crippen LogP) is 5.99. The smallest absolute Gasteiger partial charge is 0.264 e. The molecule has 0 spiro atoms. The summed E-state index contributed by atoms with van der Waals surface area (Å²) in [5.41, 5.74) is 1.28. The Bertz CT molecular complexity index is 1470. The van der Waals surface area contributed by atoms with Crippen molar-refractivity contribution in [1.29, 1.82) is 0 Å². The van der Waals surface area contributed by atoms with Crippen molar-refractivity contribution in [2.45, 2.75) is 22.9 Å². The predicted molar refractivity (Wildman–Crippen MR) is 124 cm³/mol. The Labute approximate surface area is 196 Å². The molecule has 5 nitrogen and oxygen atoms in total. The Hall–Kier alpha value is -2.63. The highest BCUT2D eigenvalue weighted by Crippen LogP contribution is 2.40. The maximum atomic E-state index is 13.6. The third-order valence-corrected chi connectivity index (χ3v) is 9.01. The zero-order valence-corrected chi connectivity index (χ0v) is 19.6. The van der Waals surface area contributed by atoms with Crippen LogP contribution in [0.4, 0.5) is 18.9 Å². The molecule has 0 atom stereocenters. The topological polar surface area (TPSA) is 63.2 Å². The fourth-order valence-corrected chi connectivity index (χ4v) is 7.23. The zero-order chi connectivity index (χ0) is 23.4. The van der Waals surface area contributed by atoms with Gasteiger partial charge in [-0.1, -0.05) is 6.07 Å². The van der Waals surface area contributed by atoms with Gasteiger partial charge in [0.1, 0.15) is 0 Å². The van der Waals surface area contributed by atoms with Crippen LogP contribution in [0.1, 0.15) is 10.6 Å². The van der Waals surface area contributed by atoms with Crippen molar-refractivity contribution < 1.29 is 21.6 Å². The molecule has 0 saturated carbocycles. The highest BCUT2D eigenvalue weighted by molar-refractivity contribution is 8.00. The molecule has 0 fully saturated rings. The van der Waals surface area contributed by atoms with Crippen molar-refractivity contribution in [2.24, 2.45) is 0 Å². The number of pyridine rings is 1. The Balaban J connectivity index is 1.55. The molecule has 4 aromatic rings. The first kappa shape index (κ1) is 22.2. The van der Waals surface area contributed by atoms with Crippen LogP contribution < -0.4 is 4.31 Å². The number of anilines is 1. The van der Waals surface area contributed by atoms with Crippen LogP contribution in [0.5, 0.6) is 0 Å². The minimum atomic E-state index is -4.47. The monoisotopic (exact) mass is 507 g/mol. The van der Waals surface area contributed by atoms with Gasteiger partial charge >= 0.3 is 6.18 Å². The van der Waals surface area contributed by atoms with Crippen LogP contribution >= 0.6 is 23.1 Å². The average molecular weight is 508 g/mol. The molecule has 170 valence electrons. The van der Waals surface area contributed by atoms with Gasteiger partial charge in [-0.15, -0.1) is 23.1 Å². The summed E-state index contributed by atoms with van der Waals surface area (Å²) in [7, 11) is -3.85. The molecule has 0 amide bonds. The lowest BCUT2D eigenvalue weighted by molar-refractivity contribution is -0.137. The summed E-state index contributed by atoms with van der Waals surface area (Å²) in [5.74, 6) is 0.589. The molecule has 11 heteroatoms. The minimum absolute atomic E-state index is 0.176. The number of aromatic nitrogens is 2. The Morgan fingerprint density at radius 2 is 1.88 bits per heavy atom. The number of hydrogen-bond acceptors (Lipinski definition) is 6. The fraction of sp³-hybridized carbons (Fsp3) is 0.182. The molecule has 2 aromatic carbocycles. The summed E-state index contributed by atoms with van der Waals surface area (Å²) in [6.45, 7) is 2.15. The van der Waals surface area contributed by atoms with Crippen molar-refractivity contribution in [2.75, 3.05) is 16.6 Å². The Morgan fingerprint density at radius 1 is 1.06 bits per heavy atom. The van der Waals surface area contributed by atoms with Gasteiger partial charge in [-0.25, -0.2) is 13.4 Å². The first-order valence-electron chi connectivity index (χ1n) is 9.83. The number of sulfonamides is 1. The summed E-state index contributed by atoms with van der Waals surface area (Å²) < 4.78 is 67.9. The molecular formula is C22H16F3N3O2S3. The quantitative estimate of drug-likeness (QED) is 0.341. The highest BCUT2D eigenvalue weighted by Gasteiger charge is 2.32. The number of aryl methyl sites for hydroxylation is 1. The standard InChI is InChI=1S/C22H16F3N3O2S3/c1-13-27-18-6-4-16(11-21(18)32-13)33(29,30)28-8-9-31-20-7-2-14(10-19(20)28)17-5-3-15(12-26-17)22(23,24)25/h2-7,10-12H,8-9H2,1H3. The minimum Gasteiger partial charge on any atom is -0.264 e. The fourth-order valence-electron chi connectivity index (χ4n) is 3.64. The first-order valence-corrected chi connectivity index (χ1v) is 13.1. The molecule has 33 heavy (non-hydrogen) atoms. The zero-order valence-electron chi connectivity index (χ0n) is 17.1. The van der Waals surface area contributed by atoms with E-state index in [1.165, 1.54) is 33.5 Å². The van der Waals surface area contributed by atoms with E-state index in [0.717, 1.165) is 32.4 Å². The molecule has 0 aliphatic carbocycles. The molecule has 3 heterocycles. The second-order valence-electron chi connectivity index (χ2n) is 7.40. The normalized spacial score (nSPS) is 14.5. The maximum Gasteiger partial charge on any atom is 0.417 e. The van der Waals surface area contributed by atoms with Gasteiger partial charge in [0.05, 0.1) is 37.1 Å². The molecule has 1 aliphatic heterocycles. The van der Waals surface area contributed by atoms with Crippen molar-refractivity contribution in [1.82, 2.24) is 9.97 Å².